The van der Waals surface area contributed by atoms with Crippen LogP contribution in [-0.4, -0.2) is 22.1 Å². The number of halogens is 1. The molecule has 0 atom stereocenters. The summed E-state index contributed by atoms with van der Waals surface area (Å²) in [6.45, 7) is 2.06. The first-order valence-corrected chi connectivity index (χ1v) is 10.2. The molecule has 0 aliphatic carbocycles. The van der Waals surface area contributed by atoms with Crippen molar-refractivity contribution < 1.29 is 9.53 Å². The minimum absolute atomic E-state index is 0.190. The molecule has 31 heavy (non-hydrogen) atoms. The number of para-hydroxylation sites is 1. The van der Waals surface area contributed by atoms with Gasteiger partial charge in [-0.25, -0.2) is 9.78 Å². The van der Waals surface area contributed by atoms with Gasteiger partial charge in [0.15, 0.2) is 0 Å². The maximum atomic E-state index is 13.3. The van der Waals surface area contributed by atoms with Gasteiger partial charge >= 0.3 is 5.97 Å². The van der Waals surface area contributed by atoms with Crippen molar-refractivity contribution in [2.24, 2.45) is 0 Å². The van der Waals surface area contributed by atoms with Gasteiger partial charge < -0.3 is 4.74 Å². The quantitative estimate of drug-likeness (QED) is 0.398. The third kappa shape index (κ3) is 4.42. The van der Waals surface area contributed by atoms with E-state index in [2.05, 4.69) is 0 Å². The first-order valence-electron chi connectivity index (χ1n) is 9.80. The zero-order chi connectivity index (χ0) is 21.8. The number of carbonyl (C=O) groups excluding carboxylic acids is 1. The predicted molar refractivity (Wildman–Crippen MR) is 124 cm³/mol. The molecule has 4 rings (SSSR count). The summed E-state index contributed by atoms with van der Waals surface area (Å²) in [7, 11) is 0. The first kappa shape index (κ1) is 20.6. The summed E-state index contributed by atoms with van der Waals surface area (Å²) in [6, 6.07) is 21.3. The van der Waals surface area contributed by atoms with E-state index in [1.165, 1.54) is 4.57 Å². The molecule has 0 aliphatic heterocycles. The van der Waals surface area contributed by atoms with Gasteiger partial charge in [0.1, 0.15) is 5.82 Å². The molecule has 0 unspecified atom stereocenters. The minimum Gasteiger partial charge on any atom is -0.462 e. The summed E-state index contributed by atoms with van der Waals surface area (Å²) in [6.07, 6.45) is 3.66. The number of rotatable bonds is 5. The Hall–Kier alpha value is -3.70. The number of esters is 1. The Morgan fingerprint density at radius 2 is 1.71 bits per heavy atom. The van der Waals surface area contributed by atoms with Crippen molar-refractivity contribution >= 4 is 40.6 Å². The second kappa shape index (κ2) is 8.98. The predicted octanol–water partition coefficient (Wildman–Crippen LogP) is 5.39. The van der Waals surface area contributed by atoms with Gasteiger partial charge in [0.2, 0.25) is 0 Å². The van der Waals surface area contributed by atoms with Gasteiger partial charge in [-0.05, 0) is 67.1 Å². The van der Waals surface area contributed by atoms with Gasteiger partial charge in [-0.2, -0.15) is 0 Å². The maximum absolute atomic E-state index is 13.3. The van der Waals surface area contributed by atoms with Crippen LogP contribution in [0, 0.1) is 0 Å². The van der Waals surface area contributed by atoms with Crippen LogP contribution in [0.2, 0.25) is 5.02 Å². The molecule has 0 amide bonds. The molecule has 0 fully saturated rings. The van der Waals surface area contributed by atoms with E-state index in [4.69, 9.17) is 21.3 Å². The van der Waals surface area contributed by atoms with Crippen LogP contribution >= 0.6 is 11.6 Å². The fraction of sp³-hybridized carbons (Fsp3) is 0.0800. The number of carbonyl (C=O) groups is 1. The van der Waals surface area contributed by atoms with Gasteiger partial charge in [-0.15, -0.1) is 0 Å². The van der Waals surface area contributed by atoms with Crippen molar-refractivity contribution in [2.75, 3.05) is 6.61 Å². The number of fused-ring (bicyclic) bond motifs is 1. The molecule has 0 saturated heterocycles. The molecule has 5 nitrogen and oxygen atoms in total. The van der Waals surface area contributed by atoms with Crippen LogP contribution in [0.1, 0.15) is 28.7 Å². The fourth-order valence-corrected chi connectivity index (χ4v) is 3.34. The molecule has 4 aromatic rings. The Morgan fingerprint density at radius 3 is 2.42 bits per heavy atom. The van der Waals surface area contributed by atoms with Crippen LogP contribution in [0.15, 0.2) is 77.6 Å². The summed E-state index contributed by atoms with van der Waals surface area (Å²) < 4.78 is 6.57. The van der Waals surface area contributed by atoms with E-state index in [0.29, 0.717) is 39.6 Å². The van der Waals surface area contributed by atoms with E-state index in [-0.39, 0.29) is 5.56 Å². The highest BCUT2D eigenvalue weighted by molar-refractivity contribution is 6.30. The van der Waals surface area contributed by atoms with Crippen molar-refractivity contribution in [2.45, 2.75) is 6.92 Å². The molecular weight excluding hydrogens is 412 g/mol. The number of benzene rings is 3. The van der Waals surface area contributed by atoms with Crippen molar-refractivity contribution in [1.82, 2.24) is 9.55 Å². The fourth-order valence-electron chi connectivity index (χ4n) is 3.22. The summed E-state index contributed by atoms with van der Waals surface area (Å²) in [5.41, 5.74) is 2.38. The van der Waals surface area contributed by atoms with Crippen LogP contribution in [-0.2, 0) is 4.74 Å². The number of hydrogen-bond donors (Lipinski definition) is 0. The number of hydrogen-bond acceptors (Lipinski definition) is 4. The molecule has 0 N–H and O–H groups in total. The highest BCUT2D eigenvalue weighted by atomic mass is 35.5. The van der Waals surface area contributed by atoms with Crippen molar-refractivity contribution in [3.63, 3.8) is 0 Å². The third-order valence-corrected chi connectivity index (χ3v) is 4.99. The molecule has 6 heteroatoms. The number of ether oxygens (including phenoxy) is 1. The van der Waals surface area contributed by atoms with Crippen LogP contribution in [0.5, 0.6) is 0 Å². The second-order valence-corrected chi connectivity index (χ2v) is 7.22. The van der Waals surface area contributed by atoms with Crippen molar-refractivity contribution in [3.05, 3.63) is 105 Å². The van der Waals surface area contributed by atoms with Gasteiger partial charge in [0.25, 0.3) is 5.56 Å². The summed E-state index contributed by atoms with van der Waals surface area (Å²) in [4.78, 5) is 30.0. The molecular formula is C25H19ClN2O3. The zero-order valence-electron chi connectivity index (χ0n) is 16.8. The van der Waals surface area contributed by atoms with Crippen LogP contribution < -0.4 is 5.56 Å². The third-order valence-electron chi connectivity index (χ3n) is 4.73. The Morgan fingerprint density at radius 1 is 1.00 bits per heavy atom. The van der Waals surface area contributed by atoms with Crippen LogP contribution in [0.4, 0.5) is 0 Å². The summed E-state index contributed by atoms with van der Waals surface area (Å²) in [5.74, 6) is 0.0726. The maximum Gasteiger partial charge on any atom is 0.338 e. The van der Waals surface area contributed by atoms with Crippen LogP contribution in [0.3, 0.4) is 0 Å². The minimum atomic E-state index is -0.402. The molecule has 0 spiro atoms. The Balaban J connectivity index is 1.83. The number of aromatic nitrogens is 2. The van der Waals surface area contributed by atoms with Gasteiger partial charge in [-0.3, -0.25) is 9.36 Å². The standard InChI is InChI=1S/C25H19ClN2O3/c1-2-31-25(30)18-10-14-20(15-11-18)28-23(16-9-17-7-12-19(26)13-8-17)27-22-6-4-3-5-21(22)24(28)29/h3-16H,2H2,1H3/b16-9+. The lowest BCUT2D eigenvalue weighted by atomic mass is 10.1. The molecule has 1 aromatic heterocycles. The van der Waals surface area contributed by atoms with E-state index in [1.807, 2.05) is 36.4 Å². The number of nitrogens with zero attached hydrogens (tertiary/aromatic N) is 2. The smallest absolute Gasteiger partial charge is 0.338 e. The Labute approximate surface area is 184 Å². The van der Waals surface area contributed by atoms with E-state index >= 15 is 0 Å². The molecule has 0 radical (unpaired) electrons. The Bertz CT molecular complexity index is 1320. The van der Waals surface area contributed by atoms with Gasteiger partial charge in [-0.1, -0.05) is 41.9 Å². The Kier molecular flexibility index (Phi) is 5.96. The lowest BCUT2D eigenvalue weighted by Crippen LogP contribution is -2.22. The topological polar surface area (TPSA) is 61.2 Å². The first-order chi connectivity index (χ1) is 15.1. The lowest BCUT2D eigenvalue weighted by molar-refractivity contribution is 0.0526. The summed E-state index contributed by atoms with van der Waals surface area (Å²) >= 11 is 5.96. The summed E-state index contributed by atoms with van der Waals surface area (Å²) in [5, 5.41) is 1.17. The average Bonchev–Trinajstić information content (AvgIpc) is 2.79. The van der Waals surface area contributed by atoms with Crippen molar-refractivity contribution in [1.29, 1.82) is 0 Å². The average molecular weight is 431 g/mol. The lowest BCUT2D eigenvalue weighted by Gasteiger charge is -2.12. The SMILES string of the molecule is CCOC(=O)c1ccc(-n2c(/C=C/c3ccc(Cl)cc3)nc3ccccc3c2=O)cc1. The molecule has 154 valence electrons. The van der Waals surface area contributed by atoms with Gasteiger partial charge in [0.05, 0.1) is 28.8 Å². The van der Waals surface area contributed by atoms with E-state index in [1.54, 1.807) is 55.5 Å². The normalized spacial score (nSPS) is 11.2. The largest absolute Gasteiger partial charge is 0.462 e. The monoisotopic (exact) mass is 430 g/mol. The second-order valence-electron chi connectivity index (χ2n) is 6.78. The highest BCUT2D eigenvalue weighted by Crippen LogP contribution is 2.17. The van der Waals surface area contributed by atoms with E-state index in [9.17, 15) is 9.59 Å². The van der Waals surface area contributed by atoms with Crippen molar-refractivity contribution in [3.8, 4) is 5.69 Å². The molecule has 0 aliphatic rings. The van der Waals surface area contributed by atoms with Gasteiger partial charge in [0, 0.05) is 5.02 Å². The zero-order valence-corrected chi connectivity index (χ0v) is 17.5. The van der Waals surface area contributed by atoms with E-state index in [0.717, 1.165) is 5.56 Å². The molecule has 1 heterocycles. The van der Waals surface area contributed by atoms with E-state index < -0.39 is 5.97 Å². The molecule has 0 bridgehead atoms. The highest BCUT2D eigenvalue weighted by Gasteiger charge is 2.12. The molecule has 3 aromatic carbocycles. The molecule has 0 saturated carbocycles. The van der Waals surface area contributed by atoms with Crippen LogP contribution in [0.25, 0.3) is 28.7 Å².